The zero-order valence-corrected chi connectivity index (χ0v) is 14.4. The van der Waals surface area contributed by atoms with Crippen molar-refractivity contribution in [1.29, 1.82) is 0 Å². The summed E-state index contributed by atoms with van der Waals surface area (Å²) in [6, 6.07) is 13.3. The van der Waals surface area contributed by atoms with Crippen molar-refractivity contribution >= 4 is 29.0 Å². The number of nitrogens with zero attached hydrogens (tertiary/aromatic N) is 3. The maximum atomic E-state index is 11.6. The third kappa shape index (κ3) is 3.31. The number of hydrogen-bond donors (Lipinski definition) is 3. The molecule has 1 aliphatic heterocycles. The lowest BCUT2D eigenvalue weighted by molar-refractivity contribution is 0.0963. The first-order valence-electron chi connectivity index (χ1n) is 8.52. The van der Waals surface area contributed by atoms with E-state index in [-0.39, 0.29) is 8.76 Å². The maximum absolute atomic E-state index is 11.6. The van der Waals surface area contributed by atoms with E-state index in [0.717, 1.165) is 30.2 Å². The van der Waals surface area contributed by atoms with Gasteiger partial charge < -0.3 is 20.7 Å². The number of benzene rings is 1. The molecule has 1 amide bonds. The molecule has 3 N–H and O–H groups in total. The topological polar surface area (TPSA) is 92.6 Å². The molecule has 0 saturated carbocycles. The molecule has 3 heterocycles. The number of anilines is 3. The molecule has 0 bridgehead atoms. The van der Waals surface area contributed by atoms with E-state index in [1.54, 1.807) is 23.7 Å². The summed E-state index contributed by atoms with van der Waals surface area (Å²) in [5, 5.41) is 13.8. The van der Waals surface area contributed by atoms with Gasteiger partial charge in [-0.15, -0.1) is 5.10 Å². The molecule has 2 aromatic heterocycles. The second-order valence-electron chi connectivity index (χ2n) is 6.10. The zero-order valence-electron chi connectivity index (χ0n) is 14.4. The molecule has 0 spiro atoms. The first kappa shape index (κ1) is 16.3. The quantitative estimate of drug-likeness (QED) is 0.651. The molecule has 3 aromatic rings. The van der Waals surface area contributed by atoms with Crippen molar-refractivity contribution in [1.82, 2.24) is 19.9 Å². The smallest absolute Gasteiger partial charge is 0.251 e. The summed E-state index contributed by atoms with van der Waals surface area (Å²) in [5.41, 5.74) is 2.16. The lowest BCUT2D eigenvalue weighted by atomic mass is 10.2. The van der Waals surface area contributed by atoms with Crippen LogP contribution in [0.2, 0.25) is 0 Å². The summed E-state index contributed by atoms with van der Waals surface area (Å²) in [7, 11) is 1.61. The average molecular weight is 356 g/mol. The summed E-state index contributed by atoms with van der Waals surface area (Å²) in [4.78, 5) is 16.1. The largest absolute Gasteiger partial charge is 0.379 e. The fraction of sp³-hybridized carbons (Fsp3) is 0.278. The third-order valence-electron chi connectivity index (χ3n) is 4.27. The van der Waals surface area contributed by atoms with Crippen LogP contribution >= 0.6 is 0 Å². The number of carbonyl (C=O) groups is 1. The maximum Gasteiger partial charge on any atom is 0.251 e. The molecule has 26 heavy (non-hydrogen) atoms. The van der Waals surface area contributed by atoms with Crippen LogP contribution in [0.1, 0.15) is 19.6 Å². The molecule has 1 atom stereocenters. The highest BCUT2D eigenvalue weighted by molar-refractivity contribution is 5.94. The lowest BCUT2D eigenvalue weighted by Crippen LogP contribution is -2.20. The summed E-state index contributed by atoms with van der Waals surface area (Å²) >= 11 is 0. The third-order valence-corrected chi connectivity index (χ3v) is 4.27. The van der Waals surface area contributed by atoms with Gasteiger partial charge in [0.1, 0.15) is 5.82 Å². The molecule has 0 radical (unpaired) electrons. The van der Waals surface area contributed by atoms with Crippen LogP contribution in [0.5, 0.6) is 0 Å². The van der Waals surface area contributed by atoms with Crippen LogP contribution in [0.25, 0.3) is 5.65 Å². The van der Waals surface area contributed by atoms with Crippen molar-refractivity contribution in [3.63, 3.8) is 0 Å². The highest BCUT2D eigenvalue weighted by Crippen LogP contribution is 2.19. The number of rotatable bonds is 5. The number of ether oxygens (including phenoxy) is 1. The Morgan fingerprint density at radius 3 is 2.85 bits per heavy atom. The average Bonchev–Trinajstić information content (AvgIpc) is 3.31. The number of aromatic nitrogens is 3. The first-order chi connectivity index (χ1) is 12.7. The van der Waals surface area contributed by atoms with E-state index in [1.165, 1.54) is 0 Å². The van der Waals surface area contributed by atoms with Gasteiger partial charge in [0.05, 0.1) is 12.6 Å². The summed E-state index contributed by atoms with van der Waals surface area (Å²) < 4.78 is 7.19. The number of carbonyl (C=O) groups excluding carboxylic acids is 1. The van der Waals surface area contributed by atoms with Gasteiger partial charge in [-0.1, -0.05) is 6.07 Å². The van der Waals surface area contributed by atoms with Gasteiger partial charge in [-0.25, -0.2) is 0 Å². The van der Waals surface area contributed by atoms with Gasteiger partial charge in [0.2, 0.25) is 5.95 Å². The minimum absolute atomic E-state index is 0. The standard InChI is InChI=1S/C18H20N6O2.2H2/c1-19-17(25)12-5-7-13(8-6-12)21-18-22-16-4-2-3-15(24(16)23-18)20-14-9-10-26-11-14;;/h2-8,14,20H,9-11H2,1H3,(H,19,25)(H,21,23);2*1H. The lowest BCUT2D eigenvalue weighted by Gasteiger charge is -2.12. The highest BCUT2D eigenvalue weighted by Gasteiger charge is 2.17. The number of fused-ring (bicyclic) bond motifs is 1. The Labute approximate surface area is 153 Å². The Balaban J connectivity index is 0.00000140. The van der Waals surface area contributed by atoms with Crippen molar-refractivity contribution in [3.05, 3.63) is 48.0 Å². The van der Waals surface area contributed by atoms with Crippen molar-refractivity contribution in [3.8, 4) is 0 Å². The van der Waals surface area contributed by atoms with Crippen LogP contribution in [0.3, 0.4) is 0 Å². The molecule has 1 saturated heterocycles. The Morgan fingerprint density at radius 1 is 1.27 bits per heavy atom. The predicted molar refractivity (Wildman–Crippen MR) is 103 cm³/mol. The van der Waals surface area contributed by atoms with Gasteiger partial charge in [0.15, 0.2) is 5.65 Å². The van der Waals surface area contributed by atoms with E-state index in [0.29, 0.717) is 24.2 Å². The molecular weight excluding hydrogens is 332 g/mol. The minimum atomic E-state index is -0.117. The molecule has 1 aliphatic rings. The summed E-state index contributed by atoms with van der Waals surface area (Å²) in [5.74, 6) is 1.26. The summed E-state index contributed by atoms with van der Waals surface area (Å²) in [6.45, 7) is 1.48. The van der Waals surface area contributed by atoms with E-state index in [4.69, 9.17) is 4.74 Å². The monoisotopic (exact) mass is 356 g/mol. The number of hydrogen-bond acceptors (Lipinski definition) is 6. The molecule has 0 aliphatic carbocycles. The van der Waals surface area contributed by atoms with E-state index in [1.807, 2.05) is 30.3 Å². The van der Waals surface area contributed by atoms with Crippen LogP contribution in [-0.4, -0.2) is 46.8 Å². The van der Waals surface area contributed by atoms with E-state index in [2.05, 4.69) is 26.0 Å². The molecule has 1 aromatic carbocycles. The Kier molecular flexibility index (Phi) is 4.40. The van der Waals surface area contributed by atoms with Gasteiger partial charge in [0, 0.05) is 27.8 Å². The van der Waals surface area contributed by atoms with Crippen molar-refractivity contribution < 1.29 is 12.4 Å². The van der Waals surface area contributed by atoms with Crippen LogP contribution in [0, 0.1) is 0 Å². The molecule has 138 valence electrons. The number of amides is 1. The Morgan fingerprint density at radius 2 is 2.12 bits per heavy atom. The summed E-state index contributed by atoms with van der Waals surface area (Å²) in [6.07, 6.45) is 0.980. The van der Waals surface area contributed by atoms with Gasteiger partial charge in [0.25, 0.3) is 5.91 Å². The highest BCUT2D eigenvalue weighted by atomic mass is 16.5. The van der Waals surface area contributed by atoms with Crippen molar-refractivity contribution in [2.45, 2.75) is 12.5 Å². The SMILES string of the molecule is CNC(=O)c1ccc(Nc2nc3cccc(NC4CCOC4)n3n2)cc1.[HH].[HH]. The second kappa shape index (κ2) is 7.01. The van der Waals surface area contributed by atoms with Crippen LogP contribution in [0.15, 0.2) is 42.5 Å². The second-order valence-corrected chi connectivity index (χ2v) is 6.10. The molecular formula is C18H24N6O2. The molecule has 1 fully saturated rings. The van der Waals surface area contributed by atoms with Crippen LogP contribution in [-0.2, 0) is 4.74 Å². The van der Waals surface area contributed by atoms with Crippen LogP contribution in [0.4, 0.5) is 17.5 Å². The predicted octanol–water partition coefficient (Wildman–Crippen LogP) is 2.53. The van der Waals surface area contributed by atoms with Gasteiger partial charge in [-0.05, 0) is 42.8 Å². The Hall–Kier alpha value is -3.13. The van der Waals surface area contributed by atoms with E-state index >= 15 is 0 Å². The van der Waals surface area contributed by atoms with E-state index in [9.17, 15) is 4.79 Å². The molecule has 8 nitrogen and oxygen atoms in total. The fourth-order valence-corrected chi connectivity index (χ4v) is 2.90. The van der Waals surface area contributed by atoms with Gasteiger partial charge in [-0.3, -0.25) is 4.79 Å². The van der Waals surface area contributed by atoms with E-state index < -0.39 is 0 Å². The molecule has 1 unspecified atom stereocenters. The zero-order chi connectivity index (χ0) is 17.9. The Bertz CT molecular complexity index is 925. The minimum Gasteiger partial charge on any atom is -0.379 e. The van der Waals surface area contributed by atoms with Crippen LogP contribution < -0.4 is 16.0 Å². The first-order valence-corrected chi connectivity index (χ1v) is 8.52. The van der Waals surface area contributed by atoms with Crippen molar-refractivity contribution in [2.75, 3.05) is 30.9 Å². The number of nitrogens with one attached hydrogen (secondary N) is 3. The number of pyridine rings is 1. The van der Waals surface area contributed by atoms with Gasteiger partial charge >= 0.3 is 0 Å². The molecule has 8 heteroatoms. The fourth-order valence-electron chi connectivity index (χ4n) is 2.90. The van der Waals surface area contributed by atoms with Crippen molar-refractivity contribution in [2.24, 2.45) is 0 Å². The van der Waals surface area contributed by atoms with Gasteiger partial charge in [-0.2, -0.15) is 9.50 Å². The normalized spacial score (nSPS) is 16.6. The molecule has 4 rings (SSSR count).